The molecule has 0 unspecified atom stereocenters. The molecule has 1 aromatic carbocycles. The van der Waals surface area contributed by atoms with Crippen molar-refractivity contribution in [3.05, 3.63) is 28.2 Å². The maximum absolute atomic E-state index is 12.2. The SMILES string of the molecule is CSCCCNS(=O)(=O)c1ccc(CNC2CC2)cc1Br. The molecule has 1 saturated carbocycles. The van der Waals surface area contributed by atoms with E-state index in [0.717, 1.165) is 24.3 Å². The Morgan fingerprint density at radius 3 is 2.76 bits per heavy atom. The Morgan fingerprint density at radius 2 is 2.14 bits per heavy atom. The van der Waals surface area contributed by atoms with Crippen molar-refractivity contribution in [3.63, 3.8) is 0 Å². The second-order valence-electron chi connectivity index (χ2n) is 5.16. The summed E-state index contributed by atoms with van der Waals surface area (Å²) in [5, 5.41) is 3.42. The van der Waals surface area contributed by atoms with E-state index in [1.165, 1.54) is 12.8 Å². The molecule has 0 saturated heterocycles. The third kappa shape index (κ3) is 5.56. The predicted octanol–water partition coefficient (Wildman–Crippen LogP) is 2.73. The topological polar surface area (TPSA) is 58.2 Å². The van der Waals surface area contributed by atoms with Crippen LogP contribution in [0.2, 0.25) is 0 Å². The van der Waals surface area contributed by atoms with Gasteiger partial charge < -0.3 is 5.32 Å². The van der Waals surface area contributed by atoms with E-state index in [9.17, 15) is 8.42 Å². The lowest BCUT2D eigenvalue weighted by atomic mass is 10.2. The normalized spacial score (nSPS) is 15.3. The largest absolute Gasteiger partial charge is 0.310 e. The minimum atomic E-state index is -3.43. The van der Waals surface area contributed by atoms with Gasteiger partial charge in [0, 0.05) is 23.6 Å². The summed E-state index contributed by atoms with van der Waals surface area (Å²) in [7, 11) is -3.43. The number of thioether (sulfide) groups is 1. The van der Waals surface area contributed by atoms with Gasteiger partial charge >= 0.3 is 0 Å². The molecular formula is C14H21BrN2O2S2. The van der Waals surface area contributed by atoms with Gasteiger partial charge in [-0.05, 0) is 64.9 Å². The van der Waals surface area contributed by atoms with Crippen LogP contribution in [0, 0.1) is 0 Å². The molecule has 0 radical (unpaired) electrons. The van der Waals surface area contributed by atoms with Crippen molar-refractivity contribution in [3.8, 4) is 0 Å². The van der Waals surface area contributed by atoms with Crippen molar-refractivity contribution in [1.29, 1.82) is 0 Å². The zero-order valence-electron chi connectivity index (χ0n) is 12.1. The quantitative estimate of drug-likeness (QED) is 0.634. The highest BCUT2D eigenvalue weighted by Gasteiger charge is 2.21. The molecule has 1 aromatic rings. The molecule has 0 spiro atoms. The summed E-state index contributed by atoms with van der Waals surface area (Å²) in [6, 6.07) is 6.07. The number of sulfonamides is 1. The molecule has 7 heteroatoms. The van der Waals surface area contributed by atoms with E-state index in [1.807, 2.05) is 18.4 Å². The molecule has 0 atom stereocenters. The van der Waals surface area contributed by atoms with Gasteiger partial charge in [-0.25, -0.2) is 13.1 Å². The standard InChI is InChI=1S/C14H21BrN2O2S2/c1-20-8-2-7-17-21(18,19)14-6-3-11(9-13(14)15)10-16-12-4-5-12/h3,6,9,12,16-17H,2,4-5,7-8,10H2,1H3. The molecule has 0 bridgehead atoms. The first kappa shape index (κ1) is 17.3. The molecule has 2 N–H and O–H groups in total. The van der Waals surface area contributed by atoms with Crippen LogP contribution in [0.25, 0.3) is 0 Å². The zero-order valence-corrected chi connectivity index (χ0v) is 15.3. The summed E-state index contributed by atoms with van der Waals surface area (Å²) in [6.07, 6.45) is 5.34. The molecule has 118 valence electrons. The summed E-state index contributed by atoms with van der Waals surface area (Å²) in [5.41, 5.74) is 1.09. The molecular weight excluding hydrogens is 372 g/mol. The fraction of sp³-hybridized carbons (Fsp3) is 0.571. The molecule has 0 aromatic heterocycles. The fourth-order valence-corrected chi connectivity index (χ4v) is 4.55. The summed E-state index contributed by atoms with van der Waals surface area (Å²) in [6.45, 7) is 1.26. The number of halogens is 1. The van der Waals surface area contributed by atoms with Gasteiger partial charge in [-0.15, -0.1) is 0 Å². The van der Waals surface area contributed by atoms with Crippen LogP contribution < -0.4 is 10.0 Å². The van der Waals surface area contributed by atoms with Crippen molar-refractivity contribution in [2.45, 2.75) is 36.7 Å². The highest BCUT2D eigenvalue weighted by Crippen LogP contribution is 2.24. The molecule has 0 heterocycles. The van der Waals surface area contributed by atoms with E-state index in [-0.39, 0.29) is 0 Å². The molecule has 21 heavy (non-hydrogen) atoms. The lowest BCUT2D eigenvalue weighted by Crippen LogP contribution is -2.25. The van der Waals surface area contributed by atoms with Gasteiger partial charge in [-0.3, -0.25) is 0 Å². The minimum Gasteiger partial charge on any atom is -0.310 e. The molecule has 1 fully saturated rings. The van der Waals surface area contributed by atoms with Crippen LogP contribution >= 0.6 is 27.7 Å². The van der Waals surface area contributed by atoms with E-state index in [1.54, 1.807) is 17.8 Å². The Kier molecular flexibility index (Phi) is 6.55. The van der Waals surface area contributed by atoms with Gasteiger partial charge in [-0.2, -0.15) is 11.8 Å². The van der Waals surface area contributed by atoms with Gasteiger partial charge in [0.15, 0.2) is 0 Å². The summed E-state index contributed by atoms with van der Waals surface area (Å²) < 4.78 is 27.7. The monoisotopic (exact) mass is 392 g/mol. The maximum atomic E-state index is 12.2. The molecule has 0 amide bonds. The Balaban J connectivity index is 1.97. The van der Waals surface area contributed by atoms with E-state index in [2.05, 4.69) is 26.0 Å². The average molecular weight is 393 g/mol. The first-order valence-electron chi connectivity index (χ1n) is 7.03. The number of nitrogens with one attached hydrogen (secondary N) is 2. The van der Waals surface area contributed by atoms with Gasteiger partial charge in [-0.1, -0.05) is 6.07 Å². The molecule has 2 rings (SSSR count). The van der Waals surface area contributed by atoms with Gasteiger partial charge in [0.25, 0.3) is 0 Å². The summed E-state index contributed by atoms with van der Waals surface area (Å²) >= 11 is 5.09. The Morgan fingerprint density at radius 1 is 1.38 bits per heavy atom. The van der Waals surface area contributed by atoms with Gasteiger partial charge in [0.1, 0.15) is 0 Å². The number of benzene rings is 1. The number of rotatable bonds is 9. The molecule has 1 aliphatic carbocycles. The lowest BCUT2D eigenvalue weighted by Gasteiger charge is -2.10. The van der Waals surface area contributed by atoms with E-state index >= 15 is 0 Å². The smallest absolute Gasteiger partial charge is 0.241 e. The lowest BCUT2D eigenvalue weighted by molar-refractivity contribution is 0.580. The maximum Gasteiger partial charge on any atom is 0.241 e. The van der Waals surface area contributed by atoms with E-state index in [4.69, 9.17) is 0 Å². The second-order valence-corrected chi connectivity index (χ2v) is 8.74. The van der Waals surface area contributed by atoms with E-state index < -0.39 is 10.0 Å². The molecule has 1 aliphatic rings. The highest BCUT2D eigenvalue weighted by molar-refractivity contribution is 9.10. The van der Waals surface area contributed by atoms with Crippen molar-refractivity contribution in [2.75, 3.05) is 18.6 Å². The van der Waals surface area contributed by atoms with Crippen LogP contribution in [0.3, 0.4) is 0 Å². The van der Waals surface area contributed by atoms with Crippen molar-refractivity contribution < 1.29 is 8.42 Å². The zero-order chi connectivity index (χ0) is 15.3. The molecule has 0 aliphatic heterocycles. The van der Waals surface area contributed by atoms with Crippen LogP contribution in [0.4, 0.5) is 0 Å². The minimum absolute atomic E-state index is 0.307. The Bertz CT molecular complexity index is 574. The van der Waals surface area contributed by atoms with Gasteiger partial charge in [0.2, 0.25) is 10.0 Å². The van der Waals surface area contributed by atoms with Gasteiger partial charge in [0.05, 0.1) is 4.90 Å². The van der Waals surface area contributed by atoms with E-state index in [0.29, 0.717) is 22.0 Å². The average Bonchev–Trinajstić information content (AvgIpc) is 3.25. The summed E-state index contributed by atoms with van der Waals surface area (Å²) in [4.78, 5) is 0.307. The van der Waals surface area contributed by atoms with Crippen LogP contribution in [-0.2, 0) is 16.6 Å². The second kappa shape index (κ2) is 7.97. The summed E-state index contributed by atoms with van der Waals surface area (Å²) in [5.74, 6) is 0.954. The number of hydrogen-bond donors (Lipinski definition) is 2. The van der Waals surface area contributed by atoms with Crippen LogP contribution in [0.1, 0.15) is 24.8 Å². The first-order valence-corrected chi connectivity index (χ1v) is 10.7. The van der Waals surface area contributed by atoms with Crippen molar-refractivity contribution >= 4 is 37.7 Å². The van der Waals surface area contributed by atoms with Crippen LogP contribution in [-0.4, -0.2) is 33.0 Å². The predicted molar refractivity (Wildman–Crippen MR) is 92.2 cm³/mol. The highest BCUT2D eigenvalue weighted by atomic mass is 79.9. The first-order chi connectivity index (χ1) is 10.0. The van der Waals surface area contributed by atoms with Crippen LogP contribution in [0.15, 0.2) is 27.6 Å². The molecule has 4 nitrogen and oxygen atoms in total. The number of hydrogen-bond acceptors (Lipinski definition) is 4. The third-order valence-electron chi connectivity index (χ3n) is 3.28. The Hall–Kier alpha value is -0.0800. The fourth-order valence-electron chi connectivity index (χ4n) is 1.92. The Labute approximate surface area is 139 Å². The van der Waals surface area contributed by atoms with Crippen molar-refractivity contribution in [2.24, 2.45) is 0 Å². The van der Waals surface area contributed by atoms with Crippen molar-refractivity contribution in [1.82, 2.24) is 10.0 Å². The third-order valence-corrected chi connectivity index (χ3v) is 6.41. The van der Waals surface area contributed by atoms with Crippen LogP contribution in [0.5, 0.6) is 0 Å².